The van der Waals surface area contributed by atoms with Gasteiger partial charge in [-0.3, -0.25) is 4.79 Å². The largest absolute Gasteiger partial charge is 0.487 e. The Morgan fingerprint density at radius 3 is 2.54 bits per heavy atom. The molecular weight excluding hydrogens is 365 g/mol. The van der Waals surface area contributed by atoms with Crippen molar-refractivity contribution < 1.29 is 23.4 Å². The van der Waals surface area contributed by atoms with Crippen LogP contribution in [0.1, 0.15) is 17.3 Å². The fraction of sp³-hybridized carbons (Fsp3) is 0.650. The van der Waals surface area contributed by atoms with Crippen molar-refractivity contribution in [2.45, 2.75) is 19.3 Å². The number of piperazine rings is 1. The molecule has 28 heavy (non-hydrogen) atoms. The standard InChI is InChI=1S/C20H26FN3O4/c1-12-11-28-19-16-13(9-15(21)17(19)23-5-3-22(2)4-6-23)18(25)14(10-24(12)16)20-26-7-8-27-20/h9,12,14,20H,3-8,10-11H2,1-2H3/t12-,14?/m0/s1. The summed E-state index contributed by atoms with van der Waals surface area (Å²) in [4.78, 5) is 19.6. The molecule has 0 aliphatic carbocycles. The number of nitrogens with zero attached hydrogens (tertiary/aromatic N) is 3. The normalized spacial score (nSPS) is 28.5. The number of halogens is 1. The molecule has 4 aliphatic rings. The molecular formula is C20H26FN3O4. The SMILES string of the molecule is C[C@H]1COc2c(N3CCN(C)CC3)c(F)cc3c2N1CC(C1OCCO1)C3=O. The average Bonchev–Trinajstić information content (AvgIpc) is 3.21. The number of rotatable bonds is 2. The highest BCUT2D eigenvalue weighted by Crippen LogP contribution is 2.49. The van der Waals surface area contributed by atoms with E-state index in [4.69, 9.17) is 14.2 Å². The fourth-order valence-electron chi connectivity index (χ4n) is 4.64. The molecule has 5 rings (SSSR count). The zero-order chi connectivity index (χ0) is 19.4. The Morgan fingerprint density at radius 1 is 1.11 bits per heavy atom. The van der Waals surface area contributed by atoms with E-state index in [9.17, 15) is 4.79 Å². The third-order valence-corrected chi connectivity index (χ3v) is 6.26. The summed E-state index contributed by atoms with van der Waals surface area (Å²) >= 11 is 0. The number of hydrogen-bond acceptors (Lipinski definition) is 7. The van der Waals surface area contributed by atoms with Crippen LogP contribution < -0.4 is 14.5 Å². The van der Waals surface area contributed by atoms with Gasteiger partial charge in [0, 0.05) is 38.3 Å². The van der Waals surface area contributed by atoms with E-state index in [0.29, 0.717) is 43.4 Å². The Bertz CT molecular complexity index is 790. The lowest BCUT2D eigenvalue weighted by atomic mass is 9.87. The molecule has 0 spiro atoms. The number of anilines is 2. The summed E-state index contributed by atoms with van der Waals surface area (Å²) in [6.45, 7) is 7.21. The second-order valence-electron chi connectivity index (χ2n) is 8.12. The van der Waals surface area contributed by atoms with Crippen molar-refractivity contribution in [3.63, 3.8) is 0 Å². The molecule has 0 radical (unpaired) electrons. The van der Waals surface area contributed by atoms with Crippen molar-refractivity contribution >= 4 is 17.2 Å². The molecule has 2 fully saturated rings. The van der Waals surface area contributed by atoms with Gasteiger partial charge in [0.25, 0.3) is 0 Å². The molecule has 4 heterocycles. The number of carbonyl (C=O) groups is 1. The van der Waals surface area contributed by atoms with Crippen LogP contribution in [0, 0.1) is 11.7 Å². The summed E-state index contributed by atoms with van der Waals surface area (Å²) in [5.41, 5.74) is 1.60. The average molecular weight is 391 g/mol. The molecule has 2 atom stereocenters. The van der Waals surface area contributed by atoms with Crippen LogP contribution in [-0.2, 0) is 9.47 Å². The highest BCUT2D eigenvalue weighted by Gasteiger charge is 2.45. The molecule has 0 bridgehead atoms. The van der Waals surface area contributed by atoms with E-state index in [-0.39, 0.29) is 11.8 Å². The van der Waals surface area contributed by atoms with Gasteiger partial charge in [0.05, 0.1) is 30.9 Å². The number of benzene rings is 1. The van der Waals surface area contributed by atoms with Crippen LogP contribution in [0.3, 0.4) is 0 Å². The molecule has 152 valence electrons. The topological polar surface area (TPSA) is 54.5 Å². The van der Waals surface area contributed by atoms with E-state index in [1.165, 1.54) is 6.07 Å². The van der Waals surface area contributed by atoms with Gasteiger partial charge in [0.15, 0.2) is 23.6 Å². The van der Waals surface area contributed by atoms with Crippen LogP contribution in [0.15, 0.2) is 6.07 Å². The zero-order valence-corrected chi connectivity index (χ0v) is 16.3. The van der Waals surface area contributed by atoms with Gasteiger partial charge >= 0.3 is 0 Å². The first kappa shape index (κ1) is 18.1. The molecule has 1 unspecified atom stereocenters. The Balaban J connectivity index is 1.58. The molecule has 4 aliphatic heterocycles. The van der Waals surface area contributed by atoms with Gasteiger partial charge in [0.1, 0.15) is 12.3 Å². The van der Waals surface area contributed by atoms with Crippen molar-refractivity contribution in [3.8, 4) is 5.75 Å². The maximum atomic E-state index is 15.3. The van der Waals surface area contributed by atoms with E-state index in [2.05, 4.69) is 23.8 Å². The summed E-state index contributed by atoms with van der Waals surface area (Å²) < 4.78 is 32.5. The first-order valence-electron chi connectivity index (χ1n) is 10.0. The Kier molecular flexibility index (Phi) is 4.45. The minimum absolute atomic E-state index is 0.0917. The quantitative estimate of drug-likeness (QED) is 0.754. The zero-order valence-electron chi connectivity index (χ0n) is 16.3. The number of Topliss-reactive ketones (excluding diaryl/α,β-unsaturated/α-hetero) is 1. The maximum Gasteiger partial charge on any atom is 0.175 e. The first-order chi connectivity index (χ1) is 13.5. The van der Waals surface area contributed by atoms with Gasteiger partial charge in [-0.05, 0) is 20.0 Å². The lowest BCUT2D eigenvalue weighted by Gasteiger charge is -2.45. The van der Waals surface area contributed by atoms with Gasteiger partial charge in [0.2, 0.25) is 0 Å². The van der Waals surface area contributed by atoms with Crippen LogP contribution in [0.5, 0.6) is 5.75 Å². The lowest BCUT2D eigenvalue weighted by molar-refractivity contribution is -0.0720. The second-order valence-corrected chi connectivity index (χ2v) is 8.12. The van der Waals surface area contributed by atoms with Crippen LogP contribution >= 0.6 is 0 Å². The molecule has 7 nitrogen and oxygen atoms in total. The molecule has 2 saturated heterocycles. The maximum absolute atomic E-state index is 15.3. The number of carbonyl (C=O) groups excluding carboxylic acids is 1. The Morgan fingerprint density at radius 2 is 1.82 bits per heavy atom. The van der Waals surface area contributed by atoms with E-state index < -0.39 is 18.0 Å². The van der Waals surface area contributed by atoms with Crippen LogP contribution in [0.2, 0.25) is 0 Å². The predicted octanol–water partition coefficient (Wildman–Crippen LogP) is 1.35. The molecule has 0 saturated carbocycles. The molecule has 0 amide bonds. The van der Waals surface area contributed by atoms with Gasteiger partial charge in [-0.1, -0.05) is 0 Å². The fourth-order valence-corrected chi connectivity index (χ4v) is 4.64. The molecule has 1 aromatic carbocycles. The van der Waals surface area contributed by atoms with Crippen LogP contribution in [0.4, 0.5) is 15.8 Å². The van der Waals surface area contributed by atoms with E-state index in [1.54, 1.807) is 0 Å². The Labute approximate surface area is 163 Å². The molecule has 0 N–H and O–H groups in total. The minimum atomic E-state index is -0.556. The smallest absolute Gasteiger partial charge is 0.175 e. The lowest BCUT2D eigenvalue weighted by Crippen LogP contribution is -2.52. The minimum Gasteiger partial charge on any atom is -0.487 e. The second kappa shape index (κ2) is 6.86. The van der Waals surface area contributed by atoms with E-state index >= 15 is 4.39 Å². The van der Waals surface area contributed by atoms with Crippen LogP contribution in [-0.4, -0.2) is 82.6 Å². The molecule has 8 heteroatoms. The summed E-state index contributed by atoms with van der Waals surface area (Å²) in [5.74, 6) is -0.453. The summed E-state index contributed by atoms with van der Waals surface area (Å²) in [6, 6.07) is 1.48. The highest BCUT2D eigenvalue weighted by molar-refractivity contribution is 6.08. The highest BCUT2D eigenvalue weighted by atomic mass is 19.1. The number of hydrogen-bond donors (Lipinski definition) is 0. The number of ketones is 1. The molecule has 1 aromatic rings. The van der Waals surface area contributed by atoms with Gasteiger partial charge in [-0.25, -0.2) is 4.39 Å². The van der Waals surface area contributed by atoms with Crippen molar-refractivity contribution in [3.05, 3.63) is 17.4 Å². The number of ether oxygens (including phenoxy) is 3. The van der Waals surface area contributed by atoms with Crippen molar-refractivity contribution in [1.29, 1.82) is 0 Å². The van der Waals surface area contributed by atoms with Crippen molar-refractivity contribution in [1.82, 2.24) is 4.90 Å². The van der Waals surface area contributed by atoms with Gasteiger partial charge in [-0.2, -0.15) is 0 Å². The summed E-state index contributed by atoms with van der Waals surface area (Å²) in [6.07, 6.45) is -0.556. The monoisotopic (exact) mass is 391 g/mol. The molecule has 0 aromatic heterocycles. The third-order valence-electron chi connectivity index (χ3n) is 6.26. The van der Waals surface area contributed by atoms with Crippen molar-refractivity contribution in [2.75, 3.05) is 69.4 Å². The van der Waals surface area contributed by atoms with E-state index in [0.717, 1.165) is 31.9 Å². The van der Waals surface area contributed by atoms with E-state index in [1.807, 2.05) is 4.90 Å². The third kappa shape index (κ3) is 2.77. The predicted molar refractivity (Wildman–Crippen MR) is 102 cm³/mol. The summed E-state index contributed by atoms with van der Waals surface area (Å²) in [7, 11) is 2.07. The van der Waals surface area contributed by atoms with Crippen LogP contribution in [0.25, 0.3) is 0 Å². The van der Waals surface area contributed by atoms with Gasteiger partial charge < -0.3 is 28.9 Å². The van der Waals surface area contributed by atoms with Crippen molar-refractivity contribution in [2.24, 2.45) is 5.92 Å². The number of likely N-dealkylation sites (N-methyl/N-ethyl adjacent to an activating group) is 1. The first-order valence-corrected chi connectivity index (χ1v) is 10.0. The Hall–Kier alpha value is -1.90. The van der Waals surface area contributed by atoms with Gasteiger partial charge in [-0.15, -0.1) is 0 Å². The summed E-state index contributed by atoms with van der Waals surface area (Å²) in [5, 5.41) is 0.